The van der Waals surface area contributed by atoms with Crippen LogP contribution in [0.25, 0.3) is 0 Å². The molecule has 2 heterocycles. The Hall–Kier alpha value is -2.03. The first kappa shape index (κ1) is 12.0. The molecule has 0 N–H and O–H groups in total. The summed E-state index contributed by atoms with van der Waals surface area (Å²) in [5.41, 5.74) is 0.751. The maximum Gasteiger partial charge on any atom is 0.254 e. The summed E-state index contributed by atoms with van der Waals surface area (Å²) < 4.78 is 5.50. The molecule has 2 aromatic rings. The lowest BCUT2D eigenvalue weighted by molar-refractivity contribution is 0.0580. The Balaban J connectivity index is 1.87. The summed E-state index contributed by atoms with van der Waals surface area (Å²) in [6.07, 6.45) is 4.86. The Kier molecular flexibility index (Phi) is 3.36. The van der Waals surface area contributed by atoms with E-state index in [1.807, 2.05) is 47.4 Å². The SMILES string of the molecule is O=C(c1ccccc1)N1CCCCC1c1ccco1. The molecule has 0 saturated carbocycles. The summed E-state index contributed by atoms with van der Waals surface area (Å²) >= 11 is 0. The summed E-state index contributed by atoms with van der Waals surface area (Å²) in [5.74, 6) is 0.991. The van der Waals surface area contributed by atoms with Crippen LogP contribution in [0.3, 0.4) is 0 Å². The minimum absolute atomic E-state index is 0.0801. The highest BCUT2D eigenvalue weighted by Crippen LogP contribution is 2.32. The molecule has 3 nitrogen and oxygen atoms in total. The molecule has 1 aromatic heterocycles. The lowest BCUT2D eigenvalue weighted by atomic mass is 9.99. The highest BCUT2D eigenvalue weighted by atomic mass is 16.3. The fraction of sp³-hybridized carbons (Fsp3) is 0.312. The number of likely N-dealkylation sites (tertiary alicyclic amines) is 1. The number of furan rings is 1. The van der Waals surface area contributed by atoms with Crippen molar-refractivity contribution >= 4 is 5.91 Å². The van der Waals surface area contributed by atoms with Crippen LogP contribution in [0.4, 0.5) is 0 Å². The second-order valence-corrected chi connectivity index (χ2v) is 4.89. The molecule has 1 aliphatic heterocycles. The highest BCUT2D eigenvalue weighted by Gasteiger charge is 2.30. The molecule has 1 unspecified atom stereocenters. The molecule has 1 fully saturated rings. The number of rotatable bonds is 2. The van der Waals surface area contributed by atoms with Gasteiger partial charge in [0.15, 0.2) is 0 Å². The van der Waals surface area contributed by atoms with Crippen molar-refractivity contribution in [2.75, 3.05) is 6.54 Å². The van der Waals surface area contributed by atoms with Gasteiger partial charge in [0.1, 0.15) is 5.76 Å². The van der Waals surface area contributed by atoms with Gasteiger partial charge in [0.05, 0.1) is 12.3 Å². The number of amides is 1. The minimum Gasteiger partial charge on any atom is -0.467 e. The van der Waals surface area contributed by atoms with Gasteiger partial charge in [-0.1, -0.05) is 18.2 Å². The van der Waals surface area contributed by atoms with Crippen molar-refractivity contribution in [1.82, 2.24) is 4.90 Å². The molecule has 1 aromatic carbocycles. The van der Waals surface area contributed by atoms with Crippen molar-refractivity contribution < 1.29 is 9.21 Å². The van der Waals surface area contributed by atoms with Gasteiger partial charge in [-0.15, -0.1) is 0 Å². The zero-order valence-electron chi connectivity index (χ0n) is 10.8. The van der Waals surface area contributed by atoms with Crippen molar-refractivity contribution in [3.63, 3.8) is 0 Å². The minimum atomic E-state index is 0.0801. The molecule has 98 valence electrons. The molecule has 0 aliphatic carbocycles. The Labute approximate surface area is 112 Å². The van der Waals surface area contributed by atoms with Crippen molar-refractivity contribution in [3.05, 3.63) is 60.1 Å². The van der Waals surface area contributed by atoms with E-state index >= 15 is 0 Å². The van der Waals surface area contributed by atoms with Gasteiger partial charge in [0, 0.05) is 12.1 Å². The van der Waals surface area contributed by atoms with Crippen LogP contribution in [0.2, 0.25) is 0 Å². The first-order valence-corrected chi connectivity index (χ1v) is 6.75. The smallest absolute Gasteiger partial charge is 0.254 e. The molecular weight excluding hydrogens is 238 g/mol. The molecule has 1 saturated heterocycles. The summed E-state index contributed by atoms with van der Waals surface area (Å²) in [4.78, 5) is 14.5. The van der Waals surface area contributed by atoms with E-state index in [4.69, 9.17) is 4.42 Å². The lowest BCUT2D eigenvalue weighted by Crippen LogP contribution is -2.38. The standard InChI is InChI=1S/C16H17NO2/c18-16(13-7-2-1-3-8-13)17-11-5-4-9-14(17)15-10-6-12-19-15/h1-3,6-8,10,12,14H,4-5,9,11H2. The summed E-state index contributed by atoms with van der Waals surface area (Å²) in [5, 5.41) is 0. The lowest BCUT2D eigenvalue weighted by Gasteiger charge is -2.34. The zero-order chi connectivity index (χ0) is 13.1. The van der Waals surface area contributed by atoms with Crippen LogP contribution in [0.15, 0.2) is 53.1 Å². The van der Waals surface area contributed by atoms with E-state index < -0.39 is 0 Å². The maximum atomic E-state index is 12.6. The summed E-state index contributed by atoms with van der Waals surface area (Å²) in [6.45, 7) is 0.805. The topological polar surface area (TPSA) is 33.5 Å². The van der Waals surface area contributed by atoms with Gasteiger partial charge in [-0.2, -0.15) is 0 Å². The van der Waals surface area contributed by atoms with Gasteiger partial charge in [-0.3, -0.25) is 4.79 Å². The van der Waals surface area contributed by atoms with Crippen molar-refractivity contribution in [2.24, 2.45) is 0 Å². The third-order valence-corrected chi connectivity index (χ3v) is 3.66. The third kappa shape index (κ3) is 2.41. The maximum absolute atomic E-state index is 12.6. The second kappa shape index (κ2) is 5.31. The number of hydrogen-bond donors (Lipinski definition) is 0. The molecular formula is C16H17NO2. The van der Waals surface area contributed by atoms with Crippen LogP contribution in [-0.2, 0) is 0 Å². The fourth-order valence-electron chi connectivity index (χ4n) is 2.70. The van der Waals surface area contributed by atoms with Gasteiger partial charge < -0.3 is 9.32 Å². The monoisotopic (exact) mass is 255 g/mol. The molecule has 19 heavy (non-hydrogen) atoms. The predicted octanol–water partition coefficient (Wildman–Crippen LogP) is 3.65. The van der Waals surface area contributed by atoms with Gasteiger partial charge in [-0.05, 0) is 43.5 Å². The number of benzene rings is 1. The van der Waals surface area contributed by atoms with Gasteiger partial charge in [0.25, 0.3) is 5.91 Å². The normalized spacial score (nSPS) is 19.4. The van der Waals surface area contributed by atoms with E-state index in [9.17, 15) is 4.79 Å². The van der Waals surface area contributed by atoms with Crippen LogP contribution < -0.4 is 0 Å². The van der Waals surface area contributed by atoms with Crippen LogP contribution in [0, 0.1) is 0 Å². The van der Waals surface area contributed by atoms with Crippen LogP contribution in [-0.4, -0.2) is 17.4 Å². The van der Waals surface area contributed by atoms with Gasteiger partial charge in [0.2, 0.25) is 0 Å². The largest absolute Gasteiger partial charge is 0.467 e. The van der Waals surface area contributed by atoms with E-state index in [1.54, 1.807) is 6.26 Å². The second-order valence-electron chi connectivity index (χ2n) is 4.89. The van der Waals surface area contributed by atoms with Crippen LogP contribution >= 0.6 is 0 Å². The quantitative estimate of drug-likeness (QED) is 0.820. The number of carbonyl (C=O) groups is 1. The van der Waals surface area contributed by atoms with Crippen molar-refractivity contribution in [3.8, 4) is 0 Å². The number of carbonyl (C=O) groups excluding carboxylic acids is 1. The molecule has 0 radical (unpaired) electrons. The Morgan fingerprint density at radius 1 is 1.11 bits per heavy atom. The Morgan fingerprint density at radius 2 is 1.95 bits per heavy atom. The number of piperidine rings is 1. The van der Waals surface area contributed by atoms with Gasteiger partial charge in [-0.25, -0.2) is 0 Å². The van der Waals surface area contributed by atoms with Crippen molar-refractivity contribution in [2.45, 2.75) is 25.3 Å². The average molecular weight is 255 g/mol. The number of hydrogen-bond acceptors (Lipinski definition) is 2. The van der Waals surface area contributed by atoms with Crippen LogP contribution in [0.5, 0.6) is 0 Å². The van der Waals surface area contributed by atoms with E-state index in [-0.39, 0.29) is 11.9 Å². The third-order valence-electron chi connectivity index (χ3n) is 3.66. The zero-order valence-corrected chi connectivity index (χ0v) is 10.8. The summed E-state index contributed by atoms with van der Waals surface area (Å²) in [6, 6.07) is 13.4. The van der Waals surface area contributed by atoms with E-state index in [0.29, 0.717) is 0 Å². The first-order valence-electron chi connectivity index (χ1n) is 6.75. The molecule has 0 bridgehead atoms. The van der Waals surface area contributed by atoms with Gasteiger partial charge >= 0.3 is 0 Å². The number of nitrogens with zero attached hydrogens (tertiary/aromatic N) is 1. The van der Waals surface area contributed by atoms with E-state index in [1.165, 1.54) is 0 Å². The summed E-state index contributed by atoms with van der Waals surface area (Å²) in [7, 11) is 0. The van der Waals surface area contributed by atoms with Crippen LogP contribution in [0.1, 0.15) is 41.4 Å². The highest BCUT2D eigenvalue weighted by molar-refractivity contribution is 5.94. The fourth-order valence-corrected chi connectivity index (χ4v) is 2.70. The first-order chi connectivity index (χ1) is 9.36. The molecule has 1 atom stereocenters. The van der Waals surface area contributed by atoms with E-state index in [0.717, 1.165) is 37.1 Å². The molecule has 3 rings (SSSR count). The average Bonchev–Trinajstić information content (AvgIpc) is 3.01. The Morgan fingerprint density at radius 3 is 2.68 bits per heavy atom. The molecule has 3 heteroatoms. The van der Waals surface area contributed by atoms with E-state index in [2.05, 4.69) is 0 Å². The molecule has 1 aliphatic rings. The predicted molar refractivity (Wildman–Crippen MR) is 72.8 cm³/mol. The molecule has 1 amide bonds. The van der Waals surface area contributed by atoms with Crippen molar-refractivity contribution in [1.29, 1.82) is 0 Å². The Bertz CT molecular complexity index is 533. The molecule has 0 spiro atoms.